The molecule has 17 heavy (non-hydrogen) atoms. The van der Waals surface area contributed by atoms with Crippen LogP contribution in [0.2, 0.25) is 0 Å². The van der Waals surface area contributed by atoms with Crippen molar-refractivity contribution in [1.82, 2.24) is 5.32 Å². The number of ether oxygens (including phenoxy) is 1. The summed E-state index contributed by atoms with van der Waals surface area (Å²) in [5.74, 6) is 1.52. The number of phenols is 1. The lowest BCUT2D eigenvalue weighted by molar-refractivity contribution is 0.353. The van der Waals surface area contributed by atoms with Gasteiger partial charge in [-0.1, -0.05) is 6.07 Å². The zero-order chi connectivity index (χ0) is 12.3. The maximum Gasteiger partial charge on any atom is 0.161 e. The first-order chi connectivity index (χ1) is 8.20. The Morgan fingerprint density at radius 3 is 2.94 bits per heavy atom. The van der Waals surface area contributed by atoms with Gasteiger partial charge in [-0.3, -0.25) is 0 Å². The smallest absolute Gasteiger partial charge is 0.161 e. The minimum Gasteiger partial charge on any atom is -0.504 e. The number of methoxy groups -OCH3 is 1. The topological polar surface area (TPSA) is 41.5 Å². The maximum absolute atomic E-state index is 10.1. The van der Waals surface area contributed by atoms with Crippen molar-refractivity contribution in [2.24, 2.45) is 5.92 Å². The number of benzene rings is 1. The number of hydrogen-bond acceptors (Lipinski definition) is 3. The fourth-order valence-corrected chi connectivity index (χ4v) is 2.54. The van der Waals surface area contributed by atoms with Gasteiger partial charge in [-0.2, -0.15) is 0 Å². The lowest BCUT2D eigenvalue weighted by Gasteiger charge is -2.23. The van der Waals surface area contributed by atoms with Gasteiger partial charge in [-0.05, 0) is 62.4 Å². The van der Waals surface area contributed by atoms with E-state index in [4.69, 9.17) is 4.74 Å². The third kappa shape index (κ3) is 2.91. The summed E-state index contributed by atoms with van der Waals surface area (Å²) in [4.78, 5) is 0. The first-order valence-corrected chi connectivity index (χ1v) is 6.28. The van der Waals surface area contributed by atoms with Gasteiger partial charge >= 0.3 is 0 Å². The van der Waals surface area contributed by atoms with Crippen LogP contribution in [0.25, 0.3) is 0 Å². The van der Waals surface area contributed by atoms with E-state index >= 15 is 0 Å². The first kappa shape index (κ1) is 12.2. The molecule has 1 aliphatic heterocycles. The van der Waals surface area contributed by atoms with Gasteiger partial charge < -0.3 is 15.2 Å². The molecule has 3 nitrogen and oxygen atoms in total. The molecule has 0 saturated carbocycles. The molecule has 1 saturated heterocycles. The van der Waals surface area contributed by atoms with E-state index in [1.54, 1.807) is 7.11 Å². The minimum atomic E-state index is 0.309. The Hall–Kier alpha value is -1.22. The molecule has 1 atom stereocenters. The Balaban J connectivity index is 2.16. The number of aromatic hydroxyl groups is 1. The number of piperidine rings is 1. The zero-order valence-electron chi connectivity index (χ0n) is 10.6. The molecule has 0 aromatic heterocycles. The summed E-state index contributed by atoms with van der Waals surface area (Å²) >= 11 is 0. The van der Waals surface area contributed by atoms with E-state index in [-0.39, 0.29) is 0 Å². The van der Waals surface area contributed by atoms with Gasteiger partial charge in [-0.25, -0.2) is 0 Å². The SMILES string of the molecule is COc1cc(C)cc(CC2CCCNC2)c1O. The summed E-state index contributed by atoms with van der Waals surface area (Å²) in [6.07, 6.45) is 3.40. The summed E-state index contributed by atoms with van der Waals surface area (Å²) in [7, 11) is 1.60. The van der Waals surface area contributed by atoms with E-state index < -0.39 is 0 Å². The number of rotatable bonds is 3. The molecular weight excluding hydrogens is 214 g/mol. The standard InChI is InChI=1S/C14H21NO2/c1-10-6-12(14(16)13(7-10)17-2)8-11-4-3-5-15-9-11/h6-7,11,15-16H,3-5,8-9H2,1-2H3. The highest BCUT2D eigenvalue weighted by Gasteiger charge is 2.17. The maximum atomic E-state index is 10.1. The number of phenolic OH excluding ortho intramolecular Hbond substituents is 1. The molecule has 1 aliphatic rings. The second kappa shape index (κ2) is 5.41. The molecule has 0 aliphatic carbocycles. The monoisotopic (exact) mass is 235 g/mol. The van der Waals surface area contributed by atoms with Gasteiger partial charge in [0.1, 0.15) is 0 Å². The predicted molar refractivity (Wildman–Crippen MR) is 68.7 cm³/mol. The Morgan fingerprint density at radius 2 is 2.29 bits per heavy atom. The second-order valence-corrected chi connectivity index (χ2v) is 4.89. The summed E-state index contributed by atoms with van der Waals surface area (Å²) in [6, 6.07) is 3.93. The molecule has 1 aromatic rings. The van der Waals surface area contributed by atoms with Crippen molar-refractivity contribution in [2.45, 2.75) is 26.2 Å². The average Bonchev–Trinajstić information content (AvgIpc) is 2.34. The van der Waals surface area contributed by atoms with Crippen LogP contribution in [0.1, 0.15) is 24.0 Å². The van der Waals surface area contributed by atoms with Crippen LogP contribution in [0.15, 0.2) is 12.1 Å². The van der Waals surface area contributed by atoms with Crippen molar-refractivity contribution in [1.29, 1.82) is 0 Å². The van der Waals surface area contributed by atoms with Crippen molar-refractivity contribution in [2.75, 3.05) is 20.2 Å². The number of aryl methyl sites for hydroxylation is 1. The molecule has 3 heteroatoms. The summed E-state index contributed by atoms with van der Waals surface area (Å²) in [5, 5.41) is 13.5. The van der Waals surface area contributed by atoms with Gasteiger partial charge in [-0.15, -0.1) is 0 Å². The Morgan fingerprint density at radius 1 is 1.47 bits per heavy atom. The molecule has 0 bridgehead atoms. The van der Waals surface area contributed by atoms with Crippen molar-refractivity contribution in [3.8, 4) is 11.5 Å². The number of hydrogen-bond donors (Lipinski definition) is 2. The molecule has 2 rings (SSSR count). The normalized spacial score (nSPS) is 20.2. The molecule has 1 unspecified atom stereocenters. The zero-order valence-corrected chi connectivity index (χ0v) is 10.6. The largest absolute Gasteiger partial charge is 0.504 e. The van der Waals surface area contributed by atoms with E-state index in [9.17, 15) is 5.11 Å². The highest BCUT2D eigenvalue weighted by Crippen LogP contribution is 2.33. The highest BCUT2D eigenvalue weighted by atomic mass is 16.5. The highest BCUT2D eigenvalue weighted by molar-refractivity contribution is 5.48. The van der Waals surface area contributed by atoms with Gasteiger partial charge in [0, 0.05) is 0 Å². The van der Waals surface area contributed by atoms with E-state index in [2.05, 4.69) is 11.4 Å². The quantitative estimate of drug-likeness (QED) is 0.844. The Labute approximate surface area is 103 Å². The molecule has 0 spiro atoms. The van der Waals surface area contributed by atoms with E-state index in [0.717, 1.165) is 30.6 Å². The lowest BCUT2D eigenvalue weighted by atomic mass is 9.91. The lowest BCUT2D eigenvalue weighted by Crippen LogP contribution is -2.30. The van der Waals surface area contributed by atoms with Crippen LogP contribution in [0.4, 0.5) is 0 Å². The third-order valence-corrected chi connectivity index (χ3v) is 3.43. The van der Waals surface area contributed by atoms with Gasteiger partial charge in [0.15, 0.2) is 11.5 Å². The fraction of sp³-hybridized carbons (Fsp3) is 0.571. The molecular formula is C14H21NO2. The number of nitrogens with one attached hydrogen (secondary N) is 1. The Bertz CT molecular complexity index is 384. The molecule has 0 amide bonds. The van der Waals surface area contributed by atoms with Crippen molar-refractivity contribution in [3.05, 3.63) is 23.3 Å². The van der Waals surface area contributed by atoms with Crippen LogP contribution in [-0.2, 0) is 6.42 Å². The third-order valence-electron chi connectivity index (χ3n) is 3.43. The van der Waals surface area contributed by atoms with Crippen LogP contribution >= 0.6 is 0 Å². The summed E-state index contributed by atoms with van der Waals surface area (Å²) < 4.78 is 5.19. The summed E-state index contributed by atoms with van der Waals surface area (Å²) in [5.41, 5.74) is 2.15. The Kier molecular flexibility index (Phi) is 3.89. The van der Waals surface area contributed by atoms with Crippen LogP contribution < -0.4 is 10.1 Å². The van der Waals surface area contributed by atoms with Crippen molar-refractivity contribution in [3.63, 3.8) is 0 Å². The van der Waals surface area contributed by atoms with E-state index in [0.29, 0.717) is 17.4 Å². The van der Waals surface area contributed by atoms with Crippen molar-refractivity contribution >= 4 is 0 Å². The summed E-state index contributed by atoms with van der Waals surface area (Å²) in [6.45, 7) is 4.21. The second-order valence-electron chi connectivity index (χ2n) is 4.89. The molecule has 94 valence electrons. The average molecular weight is 235 g/mol. The first-order valence-electron chi connectivity index (χ1n) is 6.28. The van der Waals surface area contributed by atoms with E-state index in [1.165, 1.54) is 12.8 Å². The van der Waals surface area contributed by atoms with Gasteiger partial charge in [0.25, 0.3) is 0 Å². The predicted octanol–water partition coefficient (Wildman–Crippen LogP) is 2.25. The van der Waals surface area contributed by atoms with Crippen molar-refractivity contribution < 1.29 is 9.84 Å². The molecule has 1 aromatic carbocycles. The van der Waals surface area contributed by atoms with Gasteiger partial charge in [0.05, 0.1) is 7.11 Å². The minimum absolute atomic E-state index is 0.309. The molecule has 1 fully saturated rings. The van der Waals surface area contributed by atoms with Crippen LogP contribution in [0.3, 0.4) is 0 Å². The molecule has 1 heterocycles. The van der Waals surface area contributed by atoms with Crippen LogP contribution in [-0.4, -0.2) is 25.3 Å². The van der Waals surface area contributed by atoms with Crippen LogP contribution in [0, 0.1) is 12.8 Å². The van der Waals surface area contributed by atoms with Gasteiger partial charge in [0.2, 0.25) is 0 Å². The van der Waals surface area contributed by atoms with Crippen LogP contribution in [0.5, 0.6) is 11.5 Å². The fourth-order valence-electron chi connectivity index (χ4n) is 2.54. The molecule has 0 radical (unpaired) electrons. The van der Waals surface area contributed by atoms with E-state index in [1.807, 2.05) is 13.0 Å². The molecule has 2 N–H and O–H groups in total.